The Bertz CT molecular complexity index is 1070. The van der Waals surface area contributed by atoms with E-state index < -0.39 is 11.7 Å². The van der Waals surface area contributed by atoms with E-state index in [9.17, 15) is 15.0 Å². The maximum Gasteiger partial charge on any atom is 0.343 e. The Hall–Kier alpha value is -1.59. The Morgan fingerprint density at radius 3 is 2.41 bits per heavy atom. The third kappa shape index (κ3) is 2.45. The minimum absolute atomic E-state index is 0.0213. The minimum Gasteiger partial charge on any atom is -0.481 e. The molecule has 1 spiro atoms. The van der Waals surface area contributed by atoms with E-state index in [1.54, 1.807) is 0 Å². The van der Waals surface area contributed by atoms with E-state index in [2.05, 4.69) is 27.7 Å². The van der Waals surface area contributed by atoms with Gasteiger partial charge in [0.05, 0.1) is 17.8 Å². The molecule has 2 N–H and O–H groups in total. The van der Waals surface area contributed by atoms with Crippen LogP contribution in [0.15, 0.2) is 20.9 Å². The molecule has 0 aromatic carbocycles. The minimum atomic E-state index is -0.666. The second kappa shape index (κ2) is 6.50. The van der Waals surface area contributed by atoms with E-state index in [-0.39, 0.29) is 33.9 Å². The predicted molar refractivity (Wildman–Crippen MR) is 123 cm³/mol. The number of aryl methyl sites for hydroxylation is 1. The molecule has 2 heterocycles. The molecule has 5 nitrogen and oxygen atoms in total. The Morgan fingerprint density at radius 1 is 1.03 bits per heavy atom. The van der Waals surface area contributed by atoms with E-state index in [4.69, 9.17) is 9.15 Å². The quantitative estimate of drug-likeness (QED) is 0.580. The number of rotatable bonds is 0. The summed E-state index contributed by atoms with van der Waals surface area (Å²) in [4.78, 5) is 12.8. The molecule has 1 aromatic rings. The number of aliphatic hydroxyl groups is 2. The van der Waals surface area contributed by atoms with Crippen molar-refractivity contribution < 1.29 is 19.4 Å². The van der Waals surface area contributed by atoms with Crippen LogP contribution in [0.4, 0.5) is 0 Å². The molecular weight excluding hydrogens is 404 g/mol. The van der Waals surface area contributed by atoms with Gasteiger partial charge in [-0.3, -0.25) is 0 Å². The molecule has 5 rings (SSSR count). The van der Waals surface area contributed by atoms with E-state index in [0.717, 1.165) is 36.8 Å². The van der Waals surface area contributed by atoms with Crippen LogP contribution in [-0.4, -0.2) is 28.0 Å². The first-order valence-corrected chi connectivity index (χ1v) is 12.2. The van der Waals surface area contributed by atoms with Gasteiger partial charge in [-0.15, -0.1) is 0 Å². The van der Waals surface area contributed by atoms with Crippen molar-refractivity contribution in [3.05, 3.63) is 39.0 Å². The Balaban J connectivity index is 1.68. The number of ether oxygens (including phenoxy) is 1. The molecule has 1 aliphatic heterocycles. The zero-order chi connectivity index (χ0) is 23.4. The standard InChI is InChI=1S/C27H38O5/c1-14-12-18(28)22-25(6)10-9-20(29)24(4,5)19(25)8-11-26(22,7)27(14)13-17-21(32-27)15(2)16(3)31-23(17)30/h12,18-20,22,28-29H,8-11,13H2,1-7H3. The van der Waals surface area contributed by atoms with Gasteiger partial charge in [0.2, 0.25) is 0 Å². The van der Waals surface area contributed by atoms with E-state index in [1.807, 2.05) is 26.8 Å². The zero-order valence-electron chi connectivity index (χ0n) is 20.5. The molecule has 5 heteroatoms. The summed E-state index contributed by atoms with van der Waals surface area (Å²) in [6, 6.07) is 0. The van der Waals surface area contributed by atoms with Gasteiger partial charge < -0.3 is 19.4 Å². The topological polar surface area (TPSA) is 79.9 Å². The highest BCUT2D eigenvalue weighted by Gasteiger charge is 2.70. The summed E-state index contributed by atoms with van der Waals surface area (Å²) in [6.07, 6.45) is 5.06. The fourth-order valence-corrected chi connectivity index (χ4v) is 8.68. The van der Waals surface area contributed by atoms with Gasteiger partial charge in [-0.25, -0.2) is 4.79 Å². The van der Waals surface area contributed by atoms with Gasteiger partial charge in [-0.1, -0.05) is 33.8 Å². The highest BCUT2D eigenvalue weighted by Crippen LogP contribution is 2.70. The summed E-state index contributed by atoms with van der Waals surface area (Å²) in [5, 5.41) is 22.3. The Morgan fingerprint density at radius 2 is 1.72 bits per heavy atom. The molecule has 0 radical (unpaired) electrons. The van der Waals surface area contributed by atoms with Crippen LogP contribution in [0.3, 0.4) is 0 Å². The van der Waals surface area contributed by atoms with E-state index >= 15 is 0 Å². The Kier molecular flexibility index (Phi) is 4.52. The third-order valence-corrected chi connectivity index (χ3v) is 10.5. The van der Waals surface area contributed by atoms with E-state index in [0.29, 0.717) is 29.4 Å². The Labute approximate surface area is 190 Å². The van der Waals surface area contributed by atoms with Crippen molar-refractivity contribution >= 4 is 0 Å². The summed E-state index contributed by atoms with van der Waals surface area (Å²) >= 11 is 0. The van der Waals surface area contributed by atoms with E-state index in [1.165, 1.54) is 0 Å². The molecule has 176 valence electrons. The van der Waals surface area contributed by atoms with Gasteiger partial charge in [0.15, 0.2) is 0 Å². The van der Waals surface area contributed by atoms with Gasteiger partial charge in [-0.05, 0) is 68.8 Å². The smallest absolute Gasteiger partial charge is 0.343 e. The third-order valence-electron chi connectivity index (χ3n) is 10.5. The van der Waals surface area contributed by atoms with Gasteiger partial charge in [0.1, 0.15) is 17.1 Å². The first-order chi connectivity index (χ1) is 14.8. The average Bonchev–Trinajstić information content (AvgIpc) is 3.11. The van der Waals surface area contributed by atoms with Crippen LogP contribution in [0.1, 0.15) is 77.2 Å². The zero-order valence-corrected chi connectivity index (χ0v) is 20.5. The lowest BCUT2D eigenvalue weighted by Crippen LogP contribution is -2.69. The lowest BCUT2D eigenvalue weighted by atomic mass is 9.38. The van der Waals surface area contributed by atoms with Gasteiger partial charge in [-0.2, -0.15) is 0 Å². The van der Waals surface area contributed by atoms with Crippen molar-refractivity contribution in [2.75, 3.05) is 0 Å². The lowest BCUT2D eigenvalue weighted by Gasteiger charge is -2.68. The number of aliphatic hydroxyl groups excluding tert-OH is 2. The van der Waals surface area contributed by atoms with Gasteiger partial charge in [0.25, 0.3) is 0 Å². The lowest BCUT2D eigenvalue weighted by molar-refractivity contribution is -0.225. The van der Waals surface area contributed by atoms with Crippen LogP contribution < -0.4 is 10.4 Å². The molecule has 0 saturated heterocycles. The number of hydrogen-bond acceptors (Lipinski definition) is 5. The second-order valence-electron chi connectivity index (χ2n) is 12.2. The second-order valence-corrected chi connectivity index (χ2v) is 12.2. The largest absolute Gasteiger partial charge is 0.481 e. The normalized spacial score (nSPS) is 44.3. The molecular formula is C27H38O5. The monoisotopic (exact) mass is 442 g/mol. The van der Waals surface area contributed by atoms with Crippen molar-refractivity contribution in [2.45, 2.75) is 98.4 Å². The first-order valence-electron chi connectivity index (χ1n) is 12.2. The fraction of sp³-hybridized carbons (Fsp3) is 0.741. The van der Waals surface area contributed by atoms with Gasteiger partial charge in [0, 0.05) is 23.3 Å². The number of fused-ring (bicyclic) bond motifs is 5. The maximum absolute atomic E-state index is 12.8. The van der Waals surface area contributed by atoms with Crippen LogP contribution in [-0.2, 0) is 6.42 Å². The van der Waals surface area contributed by atoms with Gasteiger partial charge >= 0.3 is 5.63 Å². The van der Waals surface area contributed by atoms with Crippen LogP contribution in [0, 0.1) is 41.9 Å². The molecule has 3 aliphatic carbocycles. The van der Waals surface area contributed by atoms with Crippen molar-refractivity contribution in [1.29, 1.82) is 0 Å². The van der Waals surface area contributed by atoms with Crippen molar-refractivity contribution in [3.8, 4) is 5.75 Å². The maximum atomic E-state index is 12.8. The summed E-state index contributed by atoms with van der Waals surface area (Å²) in [7, 11) is 0. The van der Waals surface area contributed by atoms with Crippen LogP contribution >= 0.6 is 0 Å². The summed E-state index contributed by atoms with van der Waals surface area (Å²) in [6.45, 7) is 14.8. The van der Waals surface area contributed by atoms with Crippen LogP contribution in [0.25, 0.3) is 0 Å². The van der Waals surface area contributed by atoms with Crippen molar-refractivity contribution in [1.82, 2.24) is 0 Å². The average molecular weight is 443 g/mol. The van der Waals surface area contributed by atoms with Crippen molar-refractivity contribution in [2.24, 2.45) is 28.1 Å². The molecule has 1 aromatic heterocycles. The molecule has 7 atom stereocenters. The van der Waals surface area contributed by atoms with Crippen LogP contribution in [0.5, 0.6) is 5.75 Å². The molecule has 2 fully saturated rings. The number of hydrogen-bond donors (Lipinski definition) is 2. The van der Waals surface area contributed by atoms with Crippen LogP contribution in [0.2, 0.25) is 0 Å². The predicted octanol–water partition coefficient (Wildman–Crippen LogP) is 4.47. The highest BCUT2D eigenvalue weighted by molar-refractivity contribution is 5.50. The molecule has 0 bridgehead atoms. The summed E-state index contributed by atoms with van der Waals surface area (Å²) in [5.41, 5.74) is 0.871. The fourth-order valence-electron chi connectivity index (χ4n) is 8.68. The summed E-state index contributed by atoms with van der Waals surface area (Å²) < 4.78 is 12.4. The molecule has 4 aliphatic rings. The SMILES string of the molecule is CC1=CC(O)C2C3(C)CCC(O)C(C)(C)C3CCC2(C)C12Cc1c(c(C)c(C)oc1=O)O2. The van der Waals surface area contributed by atoms with Crippen molar-refractivity contribution in [3.63, 3.8) is 0 Å². The summed E-state index contributed by atoms with van der Waals surface area (Å²) in [5.74, 6) is 1.57. The molecule has 2 saturated carbocycles. The molecule has 0 amide bonds. The molecule has 32 heavy (non-hydrogen) atoms. The highest BCUT2D eigenvalue weighted by atomic mass is 16.5. The first kappa shape index (κ1) is 22.2. The molecule has 7 unspecified atom stereocenters.